The predicted octanol–water partition coefficient (Wildman–Crippen LogP) is 5.78. The van der Waals surface area contributed by atoms with Gasteiger partial charge in [-0.05, 0) is 82.8 Å². The molecule has 0 saturated carbocycles. The van der Waals surface area contributed by atoms with E-state index in [0.29, 0.717) is 12.1 Å². The Morgan fingerprint density at radius 1 is 0.897 bits per heavy atom. The summed E-state index contributed by atoms with van der Waals surface area (Å²) >= 11 is 0. The molecule has 2 heterocycles. The Morgan fingerprint density at radius 3 is 2.31 bits per heavy atom. The number of rotatable bonds is 8. The highest BCUT2D eigenvalue weighted by Crippen LogP contribution is 2.29. The monoisotopic (exact) mass is 525 g/mol. The molecule has 5 rings (SSSR count). The second kappa shape index (κ2) is 12.8. The van der Waals surface area contributed by atoms with Gasteiger partial charge in [-0.3, -0.25) is 4.79 Å². The van der Waals surface area contributed by atoms with Crippen molar-refractivity contribution in [3.05, 3.63) is 101 Å². The van der Waals surface area contributed by atoms with Crippen LogP contribution in [0.4, 0.5) is 0 Å². The van der Waals surface area contributed by atoms with E-state index < -0.39 is 0 Å². The summed E-state index contributed by atoms with van der Waals surface area (Å²) in [5.41, 5.74) is 5.64. The lowest BCUT2D eigenvalue weighted by Gasteiger charge is -2.46. The molecule has 2 aliphatic heterocycles. The third kappa shape index (κ3) is 6.90. The summed E-state index contributed by atoms with van der Waals surface area (Å²) in [5.74, 6) is 1.13. The van der Waals surface area contributed by atoms with Crippen LogP contribution in [0.3, 0.4) is 0 Å². The summed E-state index contributed by atoms with van der Waals surface area (Å²) in [6.45, 7) is 8.03. The molecule has 0 aromatic heterocycles. The van der Waals surface area contributed by atoms with Crippen molar-refractivity contribution in [2.75, 3.05) is 26.7 Å². The van der Waals surface area contributed by atoms with Crippen molar-refractivity contribution in [3.8, 4) is 5.75 Å². The Labute approximate surface area is 234 Å². The average molecular weight is 526 g/mol. The van der Waals surface area contributed by atoms with E-state index in [1.807, 2.05) is 24.3 Å². The van der Waals surface area contributed by atoms with Gasteiger partial charge in [0.2, 0.25) is 0 Å². The minimum absolute atomic E-state index is 0.181. The van der Waals surface area contributed by atoms with E-state index in [0.717, 1.165) is 80.7 Å². The lowest BCUT2D eigenvalue weighted by Crippen LogP contribution is -2.55. The number of nitrogens with one attached hydrogen (secondary N) is 1. The molecule has 1 amide bonds. The zero-order chi connectivity index (χ0) is 27.2. The van der Waals surface area contributed by atoms with Crippen LogP contribution in [0.1, 0.15) is 58.3 Å². The van der Waals surface area contributed by atoms with Crippen LogP contribution in [-0.4, -0.2) is 60.6 Å². The minimum atomic E-state index is 0.181. The largest absolute Gasteiger partial charge is 0.496 e. The van der Waals surface area contributed by atoms with Crippen LogP contribution in [0, 0.1) is 13.8 Å². The fourth-order valence-corrected chi connectivity index (χ4v) is 6.54. The van der Waals surface area contributed by atoms with Gasteiger partial charge in [0.05, 0.1) is 7.11 Å². The number of amides is 1. The molecule has 1 N–H and O–H groups in total. The molecular weight excluding hydrogens is 482 g/mol. The molecular formula is C34H43N3O2. The Kier molecular flexibility index (Phi) is 9.00. The lowest BCUT2D eigenvalue weighted by molar-refractivity contribution is 0.0372. The molecule has 39 heavy (non-hydrogen) atoms. The molecule has 0 bridgehead atoms. The van der Waals surface area contributed by atoms with Crippen molar-refractivity contribution >= 4 is 5.91 Å². The summed E-state index contributed by atoms with van der Waals surface area (Å²) in [7, 11) is 1.74. The molecule has 0 spiro atoms. The van der Waals surface area contributed by atoms with Crippen LogP contribution in [0.5, 0.6) is 5.75 Å². The van der Waals surface area contributed by atoms with E-state index in [2.05, 4.69) is 77.5 Å². The van der Waals surface area contributed by atoms with Gasteiger partial charge in [0, 0.05) is 42.3 Å². The van der Waals surface area contributed by atoms with E-state index in [9.17, 15) is 4.79 Å². The van der Waals surface area contributed by atoms with Gasteiger partial charge >= 0.3 is 0 Å². The van der Waals surface area contributed by atoms with E-state index in [1.54, 1.807) is 7.11 Å². The Morgan fingerprint density at radius 2 is 1.59 bits per heavy atom. The third-order valence-corrected chi connectivity index (χ3v) is 8.55. The topological polar surface area (TPSA) is 44.8 Å². The Hall–Kier alpha value is -3.15. The van der Waals surface area contributed by atoms with Crippen LogP contribution >= 0.6 is 0 Å². The number of hydrogen-bond acceptors (Lipinski definition) is 4. The number of benzene rings is 3. The van der Waals surface area contributed by atoms with Gasteiger partial charge in [-0.2, -0.15) is 0 Å². The SMILES string of the molecule is COc1ccccc1CNC1CCN([C@H]2CCN(C(=O)c3cc(C)cc(C)c3)[C@H](Cc3ccccc3)C2)CC1. The van der Waals surface area contributed by atoms with Crippen molar-refractivity contribution in [2.45, 2.75) is 70.6 Å². The number of carbonyl (C=O) groups excluding carboxylic acids is 1. The van der Waals surface area contributed by atoms with E-state index in [1.165, 1.54) is 11.1 Å². The quantitative estimate of drug-likeness (QED) is 0.405. The van der Waals surface area contributed by atoms with Crippen LogP contribution in [0.2, 0.25) is 0 Å². The summed E-state index contributed by atoms with van der Waals surface area (Å²) < 4.78 is 5.52. The molecule has 2 atom stereocenters. The first-order valence-electron chi connectivity index (χ1n) is 14.5. The number of likely N-dealkylation sites (tertiary alicyclic amines) is 2. The van der Waals surface area contributed by atoms with Gasteiger partial charge < -0.3 is 19.9 Å². The van der Waals surface area contributed by atoms with Gasteiger partial charge in [0.15, 0.2) is 0 Å². The number of piperidine rings is 2. The first kappa shape index (κ1) is 27.4. The molecule has 0 aliphatic carbocycles. The number of aryl methyl sites for hydroxylation is 2. The molecule has 3 aromatic carbocycles. The predicted molar refractivity (Wildman–Crippen MR) is 158 cm³/mol. The Bertz CT molecular complexity index is 1220. The maximum atomic E-state index is 13.8. The number of carbonyl (C=O) groups is 1. The molecule has 206 valence electrons. The fourth-order valence-electron chi connectivity index (χ4n) is 6.54. The molecule has 0 radical (unpaired) electrons. The van der Waals surface area contributed by atoms with Gasteiger partial charge in [-0.25, -0.2) is 0 Å². The van der Waals surface area contributed by atoms with Crippen LogP contribution < -0.4 is 10.1 Å². The standard InChI is InChI=1S/C34H43N3O2/c1-25-19-26(2)21-29(20-25)34(38)37-18-15-31(23-32(37)22-27-9-5-4-6-10-27)36-16-13-30(14-17-36)35-24-28-11-7-8-12-33(28)39-3/h4-12,19-21,30-32,35H,13-18,22-24H2,1-3H3/t31-,32+/m0/s1. The first-order chi connectivity index (χ1) is 19.0. The van der Waals surface area contributed by atoms with Crippen LogP contribution in [0.15, 0.2) is 72.8 Å². The number of para-hydroxylation sites is 1. The number of hydrogen-bond donors (Lipinski definition) is 1. The number of methoxy groups -OCH3 is 1. The van der Waals surface area contributed by atoms with Crippen LogP contribution in [-0.2, 0) is 13.0 Å². The van der Waals surface area contributed by atoms with Crippen LogP contribution in [0.25, 0.3) is 0 Å². The van der Waals surface area contributed by atoms with Gasteiger partial charge in [-0.1, -0.05) is 65.7 Å². The molecule has 2 saturated heterocycles. The molecule has 5 heteroatoms. The zero-order valence-electron chi connectivity index (χ0n) is 23.7. The number of nitrogens with zero attached hydrogens (tertiary/aromatic N) is 2. The van der Waals surface area contributed by atoms with E-state index >= 15 is 0 Å². The zero-order valence-corrected chi connectivity index (χ0v) is 23.7. The van der Waals surface area contributed by atoms with Crippen molar-refractivity contribution in [3.63, 3.8) is 0 Å². The van der Waals surface area contributed by atoms with E-state index in [-0.39, 0.29) is 11.9 Å². The summed E-state index contributed by atoms with van der Waals surface area (Å²) in [5, 5.41) is 3.77. The second-order valence-corrected chi connectivity index (χ2v) is 11.4. The van der Waals surface area contributed by atoms with Gasteiger partial charge in [0.25, 0.3) is 5.91 Å². The lowest BCUT2D eigenvalue weighted by atomic mass is 9.89. The summed E-state index contributed by atoms with van der Waals surface area (Å²) in [6.07, 6.45) is 5.29. The molecule has 2 aliphatic rings. The summed E-state index contributed by atoms with van der Waals surface area (Å²) in [4.78, 5) is 18.6. The van der Waals surface area contributed by atoms with Crippen molar-refractivity contribution in [2.24, 2.45) is 0 Å². The molecule has 5 nitrogen and oxygen atoms in total. The van der Waals surface area contributed by atoms with Crippen molar-refractivity contribution in [1.29, 1.82) is 0 Å². The molecule has 0 unspecified atom stereocenters. The van der Waals surface area contributed by atoms with Gasteiger partial charge in [-0.15, -0.1) is 0 Å². The molecule has 2 fully saturated rings. The molecule has 3 aromatic rings. The normalized spacial score (nSPS) is 20.6. The fraction of sp³-hybridized carbons (Fsp3) is 0.441. The average Bonchev–Trinajstić information content (AvgIpc) is 2.96. The maximum absolute atomic E-state index is 13.8. The maximum Gasteiger partial charge on any atom is 0.254 e. The second-order valence-electron chi connectivity index (χ2n) is 11.4. The van der Waals surface area contributed by atoms with Crippen molar-refractivity contribution in [1.82, 2.24) is 15.1 Å². The minimum Gasteiger partial charge on any atom is -0.496 e. The highest BCUT2D eigenvalue weighted by Gasteiger charge is 2.36. The smallest absolute Gasteiger partial charge is 0.254 e. The number of ether oxygens (including phenoxy) is 1. The highest BCUT2D eigenvalue weighted by molar-refractivity contribution is 5.95. The summed E-state index contributed by atoms with van der Waals surface area (Å²) in [6, 6.07) is 26.4. The van der Waals surface area contributed by atoms with E-state index in [4.69, 9.17) is 4.74 Å². The highest BCUT2D eigenvalue weighted by atomic mass is 16.5. The third-order valence-electron chi connectivity index (χ3n) is 8.55. The van der Waals surface area contributed by atoms with Gasteiger partial charge in [0.1, 0.15) is 5.75 Å². The Balaban J connectivity index is 1.22. The first-order valence-corrected chi connectivity index (χ1v) is 14.5. The van der Waals surface area contributed by atoms with Crippen molar-refractivity contribution < 1.29 is 9.53 Å².